The van der Waals surface area contributed by atoms with E-state index < -0.39 is 0 Å². The fourth-order valence-electron chi connectivity index (χ4n) is 3.97. The van der Waals surface area contributed by atoms with Crippen molar-refractivity contribution >= 4 is 29.4 Å². The minimum Gasteiger partial charge on any atom is -0.383 e. The van der Waals surface area contributed by atoms with E-state index in [1.165, 1.54) is 10.5 Å². The Morgan fingerprint density at radius 2 is 1.68 bits per heavy atom. The number of carbonyl (C=O) groups excluding carboxylic acids is 2. The highest BCUT2D eigenvalue weighted by Crippen LogP contribution is 2.26. The number of anilines is 1. The summed E-state index contributed by atoms with van der Waals surface area (Å²) >= 11 is 6.07. The van der Waals surface area contributed by atoms with Crippen LogP contribution in [-0.4, -0.2) is 53.1 Å². The van der Waals surface area contributed by atoms with E-state index in [1.807, 2.05) is 67.1 Å². The van der Waals surface area contributed by atoms with Crippen LogP contribution in [0.25, 0.3) is 16.9 Å². The zero-order chi connectivity index (χ0) is 27.2. The van der Waals surface area contributed by atoms with Crippen molar-refractivity contribution in [3.8, 4) is 16.9 Å². The molecule has 196 valence electrons. The third-order valence-electron chi connectivity index (χ3n) is 6.35. The van der Waals surface area contributed by atoms with Crippen molar-refractivity contribution in [2.45, 2.75) is 20.8 Å². The summed E-state index contributed by atoms with van der Waals surface area (Å²) in [7, 11) is 1.56. The molecule has 1 N–H and O–H groups in total. The van der Waals surface area contributed by atoms with Crippen LogP contribution in [0.1, 0.15) is 27.0 Å². The molecule has 38 heavy (non-hydrogen) atoms. The number of halogens is 1. The van der Waals surface area contributed by atoms with E-state index in [0.717, 1.165) is 22.4 Å². The lowest BCUT2D eigenvalue weighted by Gasteiger charge is -2.22. The van der Waals surface area contributed by atoms with Crippen LogP contribution in [0.3, 0.4) is 0 Å². The molecule has 0 radical (unpaired) electrons. The standard InChI is InChI=1S/C30H31ClN4O3/c1-20-5-8-24(9-6-20)29(37)34(15-16-38-4)19-28(36)33-30-32-27(23-10-12-25(31)13-11-23)18-35(30)26-14-7-21(2)22(3)17-26/h5-14,17-18H,15-16,19H2,1-4H3,(H,32,33,36). The van der Waals surface area contributed by atoms with Crippen molar-refractivity contribution in [3.63, 3.8) is 0 Å². The summed E-state index contributed by atoms with van der Waals surface area (Å²) in [4.78, 5) is 32.6. The number of methoxy groups -OCH3 is 1. The molecule has 0 fully saturated rings. The molecule has 0 aliphatic heterocycles. The number of nitrogens with zero attached hydrogens (tertiary/aromatic N) is 3. The molecule has 4 aromatic rings. The van der Waals surface area contributed by atoms with Crippen molar-refractivity contribution < 1.29 is 14.3 Å². The van der Waals surface area contributed by atoms with Gasteiger partial charge >= 0.3 is 0 Å². The molecule has 0 unspecified atom stereocenters. The lowest BCUT2D eigenvalue weighted by atomic mass is 10.1. The smallest absolute Gasteiger partial charge is 0.254 e. The summed E-state index contributed by atoms with van der Waals surface area (Å²) in [5.74, 6) is -0.242. The van der Waals surface area contributed by atoms with Crippen LogP contribution >= 0.6 is 11.6 Å². The number of imidazole rings is 1. The minimum atomic E-state index is -0.361. The van der Waals surface area contributed by atoms with Crippen LogP contribution in [0, 0.1) is 20.8 Å². The second-order valence-electron chi connectivity index (χ2n) is 9.23. The first-order chi connectivity index (χ1) is 18.2. The molecule has 0 bridgehead atoms. The van der Waals surface area contributed by atoms with Gasteiger partial charge in [-0.05, 0) is 68.3 Å². The summed E-state index contributed by atoms with van der Waals surface area (Å²) in [5, 5.41) is 3.55. The van der Waals surface area contributed by atoms with Crippen molar-refractivity contribution in [2.75, 3.05) is 32.1 Å². The Hall–Kier alpha value is -3.94. The van der Waals surface area contributed by atoms with Gasteiger partial charge in [-0.2, -0.15) is 0 Å². The van der Waals surface area contributed by atoms with Crippen LogP contribution in [0.5, 0.6) is 0 Å². The van der Waals surface area contributed by atoms with E-state index in [0.29, 0.717) is 28.8 Å². The lowest BCUT2D eigenvalue weighted by Crippen LogP contribution is -2.40. The molecule has 7 nitrogen and oxygen atoms in total. The van der Waals surface area contributed by atoms with Gasteiger partial charge in [-0.25, -0.2) is 4.98 Å². The first kappa shape index (κ1) is 27.1. The molecule has 2 amide bonds. The molecule has 3 aromatic carbocycles. The Bertz CT molecular complexity index is 1430. The number of aryl methyl sites for hydroxylation is 3. The number of rotatable bonds is 9. The van der Waals surface area contributed by atoms with Gasteiger partial charge in [0.2, 0.25) is 11.9 Å². The van der Waals surface area contributed by atoms with Crippen molar-refractivity contribution in [1.29, 1.82) is 0 Å². The maximum atomic E-state index is 13.3. The zero-order valence-electron chi connectivity index (χ0n) is 22.0. The molecule has 0 atom stereocenters. The van der Waals surface area contributed by atoms with Gasteiger partial charge in [0, 0.05) is 41.7 Å². The fourth-order valence-corrected chi connectivity index (χ4v) is 4.10. The highest BCUT2D eigenvalue weighted by Gasteiger charge is 2.21. The zero-order valence-corrected chi connectivity index (χ0v) is 22.7. The molecular formula is C30H31ClN4O3. The molecule has 4 rings (SSSR count). The fraction of sp³-hybridized carbons (Fsp3) is 0.233. The van der Waals surface area contributed by atoms with E-state index in [1.54, 1.807) is 31.4 Å². The third-order valence-corrected chi connectivity index (χ3v) is 6.60. The Morgan fingerprint density at radius 1 is 0.974 bits per heavy atom. The van der Waals surface area contributed by atoms with Crippen molar-refractivity contribution in [1.82, 2.24) is 14.5 Å². The number of aromatic nitrogens is 2. The van der Waals surface area contributed by atoms with Gasteiger partial charge in [-0.15, -0.1) is 0 Å². The average Bonchev–Trinajstić information content (AvgIpc) is 3.32. The highest BCUT2D eigenvalue weighted by atomic mass is 35.5. The van der Waals surface area contributed by atoms with Crippen LogP contribution in [0.4, 0.5) is 5.95 Å². The van der Waals surface area contributed by atoms with Gasteiger partial charge in [0.25, 0.3) is 5.91 Å². The number of benzene rings is 3. The summed E-state index contributed by atoms with van der Waals surface area (Å²) in [5.41, 5.74) is 6.27. The Morgan fingerprint density at radius 3 is 2.34 bits per heavy atom. The van der Waals surface area contributed by atoms with Gasteiger partial charge in [0.05, 0.1) is 12.3 Å². The average molecular weight is 531 g/mol. The van der Waals surface area contributed by atoms with Crippen LogP contribution in [-0.2, 0) is 9.53 Å². The molecule has 8 heteroatoms. The summed E-state index contributed by atoms with van der Waals surface area (Å²) in [6.45, 7) is 6.49. The molecule has 0 saturated carbocycles. The Labute approximate surface area is 228 Å². The number of nitrogens with one attached hydrogen (secondary N) is 1. The molecule has 0 aliphatic carbocycles. The normalized spacial score (nSPS) is 10.9. The minimum absolute atomic E-state index is 0.147. The highest BCUT2D eigenvalue weighted by molar-refractivity contribution is 6.30. The third kappa shape index (κ3) is 6.49. The maximum Gasteiger partial charge on any atom is 0.254 e. The van der Waals surface area contributed by atoms with E-state index >= 15 is 0 Å². The molecule has 0 aliphatic rings. The second-order valence-corrected chi connectivity index (χ2v) is 9.67. The molecule has 0 spiro atoms. The van der Waals surface area contributed by atoms with Crippen molar-refractivity contribution in [2.24, 2.45) is 0 Å². The van der Waals surface area contributed by atoms with Gasteiger partial charge < -0.3 is 9.64 Å². The number of hydrogen-bond acceptors (Lipinski definition) is 4. The molecule has 0 saturated heterocycles. The Kier molecular flexibility index (Phi) is 8.61. The summed E-state index contributed by atoms with van der Waals surface area (Å²) in [6, 6.07) is 20.7. The lowest BCUT2D eigenvalue weighted by molar-refractivity contribution is -0.117. The SMILES string of the molecule is COCCN(CC(=O)Nc1nc(-c2ccc(Cl)cc2)cn1-c1ccc(C)c(C)c1)C(=O)c1ccc(C)cc1. The van der Waals surface area contributed by atoms with Gasteiger partial charge in [0.15, 0.2) is 0 Å². The molecule has 1 aromatic heterocycles. The predicted molar refractivity (Wildman–Crippen MR) is 151 cm³/mol. The summed E-state index contributed by atoms with van der Waals surface area (Å²) in [6.07, 6.45) is 1.88. The van der Waals surface area contributed by atoms with Crippen LogP contribution in [0.2, 0.25) is 5.02 Å². The van der Waals surface area contributed by atoms with E-state index in [4.69, 9.17) is 21.3 Å². The molecular weight excluding hydrogens is 500 g/mol. The first-order valence-corrected chi connectivity index (χ1v) is 12.7. The second kappa shape index (κ2) is 12.1. The monoisotopic (exact) mass is 530 g/mol. The van der Waals surface area contributed by atoms with E-state index in [-0.39, 0.29) is 24.9 Å². The maximum absolute atomic E-state index is 13.3. The largest absolute Gasteiger partial charge is 0.383 e. The molecule has 1 heterocycles. The van der Waals surface area contributed by atoms with Crippen LogP contribution in [0.15, 0.2) is 72.9 Å². The van der Waals surface area contributed by atoms with E-state index in [2.05, 4.69) is 12.2 Å². The number of ether oxygens (including phenoxy) is 1. The first-order valence-electron chi connectivity index (χ1n) is 12.3. The van der Waals surface area contributed by atoms with Crippen molar-refractivity contribution in [3.05, 3.63) is 100 Å². The number of hydrogen-bond donors (Lipinski definition) is 1. The number of carbonyl (C=O) groups is 2. The topological polar surface area (TPSA) is 76.5 Å². The van der Waals surface area contributed by atoms with Crippen LogP contribution < -0.4 is 5.32 Å². The Balaban J connectivity index is 1.62. The number of amides is 2. The van der Waals surface area contributed by atoms with Gasteiger partial charge in [-0.3, -0.25) is 19.5 Å². The van der Waals surface area contributed by atoms with Gasteiger partial charge in [0.1, 0.15) is 6.54 Å². The summed E-state index contributed by atoms with van der Waals surface area (Å²) < 4.78 is 7.03. The van der Waals surface area contributed by atoms with E-state index in [9.17, 15) is 9.59 Å². The quantitative estimate of drug-likeness (QED) is 0.295. The van der Waals surface area contributed by atoms with Gasteiger partial charge in [-0.1, -0.05) is 47.5 Å². The predicted octanol–water partition coefficient (Wildman–Crippen LogP) is 5.85.